The van der Waals surface area contributed by atoms with Gasteiger partial charge in [-0.25, -0.2) is 9.97 Å². The van der Waals surface area contributed by atoms with Crippen molar-refractivity contribution < 1.29 is 4.79 Å². The van der Waals surface area contributed by atoms with Crippen LogP contribution in [0.2, 0.25) is 0 Å². The van der Waals surface area contributed by atoms with E-state index in [-0.39, 0.29) is 17.5 Å². The summed E-state index contributed by atoms with van der Waals surface area (Å²) >= 11 is 1.35. The summed E-state index contributed by atoms with van der Waals surface area (Å²) in [5.41, 5.74) is 1.80. The van der Waals surface area contributed by atoms with Crippen LogP contribution in [0, 0.1) is 0 Å². The van der Waals surface area contributed by atoms with Crippen LogP contribution >= 0.6 is 11.3 Å². The van der Waals surface area contributed by atoms with Gasteiger partial charge in [0.15, 0.2) is 0 Å². The molecule has 4 aromatic rings. The number of thiophene rings is 1. The van der Waals surface area contributed by atoms with E-state index in [1.165, 1.54) is 17.8 Å². The van der Waals surface area contributed by atoms with Gasteiger partial charge in [-0.2, -0.15) is 0 Å². The quantitative estimate of drug-likeness (QED) is 0.534. The molecular formula is C22H20N4O2S. The van der Waals surface area contributed by atoms with E-state index < -0.39 is 0 Å². The Kier molecular flexibility index (Phi) is 4.60. The van der Waals surface area contributed by atoms with Crippen molar-refractivity contribution in [1.82, 2.24) is 14.5 Å². The average Bonchev–Trinajstić information content (AvgIpc) is 3.16. The van der Waals surface area contributed by atoms with E-state index in [2.05, 4.69) is 15.3 Å². The van der Waals surface area contributed by atoms with Crippen molar-refractivity contribution in [1.29, 1.82) is 0 Å². The first-order valence-corrected chi connectivity index (χ1v) is 10.7. The number of fused-ring (bicyclic) bond motifs is 3. The summed E-state index contributed by atoms with van der Waals surface area (Å²) in [7, 11) is 0. The van der Waals surface area contributed by atoms with Crippen molar-refractivity contribution >= 4 is 43.4 Å². The Balaban J connectivity index is 1.60. The van der Waals surface area contributed by atoms with Crippen molar-refractivity contribution in [3.63, 3.8) is 0 Å². The lowest BCUT2D eigenvalue weighted by Crippen LogP contribution is -2.26. The number of hydrogen-bond donors (Lipinski definition) is 1. The molecule has 0 aliphatic heterocycles. The molecule has 3 heterocycles. The number of carbonyl (C=O) groups excluding carboxylic acids is 1. The molecule has 0 atom stereocenters. The van der Waals surface area contributed by atoms with E-state index in [4.69, 9.17) is 0 Å². The zero-order valence-corrected chi connectivity index (χ0v) is 16.6. The van der Waals surface area contributed by atoms with Crippen LogP contribution < -0.4 is 10.9 Å². The summed E-state index contributed by atoms with van der Waals surface area (Å²) < 4.78 is 2.39. The summed E-state index contributed by atoms with van der Waals surface area (Å²) in [6, 6.07) is 11.0. The van der Waals surface area contributed by atoms with Gasteiger partial charge in [-0.15, -0.1) is 11.3 Å². The first kappa shape index (κ1) is 18.0. The second-order valence-corrected chi connectivity index (χ2v) is 8.39. The van der Waals surface area contributed by atoms with Gasteiger partial charge in [0.1, 0.15) is 9.53 Å². The number of rotatable bonds is 3. The van der Waals surface area contributed by atoms with Crippen LogP contribution in [-0.2, 0) is 0 Å². The SMILES string of the molecule is O=C(Nc1ccnc2sc3c(=O)n(C4CCCCC4)cnc3c12)c1ccccc1. The number of hydrogen-bond acceptors (Lipinski definition) is 5. The average molecular weight is 404 g/mol. The van der Waals surface area contributed by atoms with Crippen LogP contribution in [0.5, 0.6) is 0 Å². The van der Waals surface area contributed by atoms with E-state index in [1.807, 2.05) is 18.2 Å². The van der Waals surface area contributed by atoms with E-state index in [1.54, 1.807) is 35.3 Å². The van der Waals surface area contributed by atoms with Gasteiger partial charge in [0.05, 0.1) is 22.9 Å². The molecule has 0 bridgehead atoms. The van der Waals surface area contributed by atoms with Crippen molar-refractivity contribution in [2.45, 2.75) is 38.1 Å². The van der Waals surface area contributed by atoms with Crippen LogP contribution in [0.1, 0.15) is 48.5 Å². The molecule has 146 valence electrons. The van der Waals surface area contributed by atoms with Crippen LogP contribution in [0.25, 0.3) is 20.4 Å². The van der Waals surface area contributed by atoms with Gasteiger partial charge < -0.3 is 5.32 Å². The second-order valence-electron chi connectivity index (χ2n) is 7.39. The lowest BCUT2D eigenvalue weighted by molar-refractivity contribution is 0.102. The molecule has 6 nitrogen and oxygen atoms in total. The summed E-state index contributed by atoms with van der Waals surface area (Å²) in [4.78, 5) is 35.6. The van der Waals surface area contributed by atoms with Gasteiger partial charge in [0, 0.05) is 17.8 Å². The van der Waals surface area contributed by atoms with Gasteiger partial charge in [0.25, 0.3) is 11.5 Å². The third kappa shape index (κ3) is 3.21. The minimum atomic E-state index is -0.201. The fraction of sp³-hybridized carbons (Fsp3) is 0.273. The molecule has 1 aromatic carbocycles. The highest BCUT2D eigenvalue weighted by atomic mass is 32.1. The third-order valence-electron chi connectivity index (χ3n) is 5.56. The molecule has 0 saturated heterocycles. The Labute approximate surface area is 171 Å². The molecular weight excluding hydrogens is 384 g/mol. The predicted molar refractivity (Wildman–Crippen MR) is 116 cm³/mol. The van der Waals surface area contributed by atoms with Crippen LogP contribution in [0.3, 0.4) is 0 Å². The summed E-state index contributed by atoms with van der Waals surface area (Å²) in [5.74, 6) is -0.201. The second kappa shape index (κ2) is 7.40. The largest absolute Gasteiger partial charge is 0.321 e. The molecule has 5 rings (SSSR count). The molecule has 1 amide bonds. The Morgan fingerprint density at radius 1 is 1.07 bits per heavy atom. The number of amides is 1. The van der Waals surface area contributed by atoms with Gasteiger partial charge in [-0.1, -0.05) is 37.5 Å². The highest BCUT2D eigenvalue weighted by Gasteiger charge is 2.21. The van der Waals surface area contributed by atoms with Crippen LogP contribution in [0.4, 0.5) is 5.69 Å². The number of anilines is 1. The highest BCUT2D eigenvalue weighted by Crippen LogP contribution is 2.35. The number of benzene rings is 1. The Bertz CT molecular complexity index is 1260. The molecule has 0 unspecified atom stereocenters. The normalized spacial score (nSPS) is 15.0. The molecule has 0 radical (unpaired) electrons. The van der Waals surface area contributed by atoms with Crippen LogP contribution in [0.15, 0.2) is 53.7 Å². The summed E-state index contributed by atoms with van der Waals surface area (Å²) in [6.07, 6.45) is 8.90. The first-order chi connectivity index (χ1) is 14.2. The maximum atomic E-state index is 13.2. The van der Waals surface area contributed by atoms with Crippen molar-refractivity contribution in [3.05, 3.63) is 64.8 Å². The Morgan fingerprint density at radius 3 is 2.66 bits per heavy atom. The number of carbonyl (C=O) groups is 1. The lowest BCUT2D eigenvalue weighted by Gasteiger charge is -2.23. The van der Waals surface area contributed by atoms with E-state index in [0.717, 1.165) is 31.1 Å². The zero-order valence-electron chi connectivity index (χ0n) is 15.8. The molecule has 3 aromatic heterocycles. The van der Waals surface area contributed by atoms with Gasteiger partial charge in [-0.3, -0.25) is 14.2 Å². The smallest absolute Gasteiger partial charge is 0.271 e. The maximum Gasteiger partial charge on any atom is 0.271 e. The first-order valence-electron chi connectivity index (χ1n) is 9.87. The van der Waals surface area contributed by atoms with Crippen LogP contribution in [-0.4, -0.2) is 20.4 Å². The molecule has 7 heteroatoms. The minimum Gasteiger partial charge on any atom is -0.321 e. The summed E-state index contributed by atoms with van der Waals surface area (Å²) in [5, 5.41) is 3.68. The molecule has 1 aliphatic carbocycles. The van der Waals surface area contributed by atoms with Gasteiger partial charge in [-0.05, 0) is 31.0 Å². The lowest BCUT2D eigenvalue weighted by atomic mass is 9.95. The van der Waals surface area contributed by atoms with Gasteiger partial charge in [0.2, 0.25) is 0 Å². The molecule has 1 aliphatic rings. The molecule has 29 heavy (non-hydrogen) atoms. The molecule has 1 saturated carbocycles. The number of pyridine rings is 1. The van der Waals surface area contributed by atoms with Crippen molar-refractivity contribution in [3.8, 4) is 0 Å². The van der Waals surface area contributed by atoms with Crippen molar-refractivity contribution in [2.75, 3.05) is 5.32 Å². The summed E-state index contributed by atoms with van der Waals surface area (Å²) in [6.45, 7) is 0. The number of aromatic nitrogens is 3. The zero-order chi connectivity index (χ0) is 19.8. The van der Waals surface area contributed by atoms with Crippen molar-refractivity contribution in [2.24, 2.45) is 0 Å². The predicted octanol–water partition coefficient (Wildman–Crippen LogP) is 4.76. The molecule has 1 N–H and O–H groups in total. The topological polar surface area (TPSA) is 76.9 Å². The minimum absolute atomic E-state index is 0.00904. The maximum absolute atomic E-state index is 13.2. The fourth-order valence-electron chi connectivity index (χ4n) is 4.07. The third-order valence-corrected chi connectivity index (χ3v) is 6.63. The number of nitrogens with zero attached hydrogens (tertiary/aromatic N) is 3. The highest BCUT2D eigenvalue weighted by molar-refractivity contribution is 7.25. The molecule has 0 spiro atoms. The van der Waals surface area contributed by atoms with E-state index in [9.17, 15) is 9.59 Å². The Morgan fingerprint density at radius 2 is 1.86 bits per heavy atom. The van der Waals surface area contributed by atoms with E-state index >= 15 is 0 Å². The monoisotopic (exact) mass is 404 g/mol. The van der Waals surface area contributed by atoms with E-state index in [0.29, 0.717) is 26.3 Å². The standard InChI is InChI=1S/C22H20N4O2S/c27-20(14-7-3-1-4-8-14)25-16-11-12-23-21-17(16)18-19(29-21)22(28)26(13-24-18)15-9-5-2-6-10-15/h1,3-4,7-8,11-13,15H,2,5-6,9-10H2,(H,23,25,27). The molecule has 1 fully saturated rings. The Hall–Kier alpha value is -3.06. The fourth-order valence-corrected chi connectivity index (χ4v) is 5.13. The number of nitrogens with one attached hydrogen (secondary N) is 1. The van der Waals surface area contributed by atoms with Gasteiger partial charge >= 0.3 is 0 Å².